The summed E-state index contributed by atoms with van der Waals surface area (Å²) in [5.74, 6) is -1.23. The van der Waals surface area contributed by atoms with Gasteiger partial charge in [0.05, 0.1) is 18.2 Å². The van der Waals surface area contributed by atoms with Crippen molar-refractivity contribution in [3.8, 4) is 0 Å². The predicted octanol–water partition coefficient (Wildman–Crippen LogP) is 3.71. The van der Waals surface area contributed by atoms with E-state index < -0.39 is 17.8 Å². The molecule has 110 valence electrons. The number of carbonyl (C=O) groups excluding carboxylic acids is 1. The number of halogens is 3. The van der Waals surface area contributed by atoms with Crippen molar-refractivity contribution < 1.29 is 14.3 Å². The number of benzene rings is 2. The second kappa shape index (κ2) is 7.02. The highest BCUT2D eigenvalue weighted by Crippen LogP contribution is 2.19. The van der Waals surface area contributed by atoms with Crippen LogP contribution in [0.25, 0.3) is 0 Å². The summed E-state index contributed by atoms with van der Waals surface area (Å²) >= 11 is 9.01. The van der Waals surface area contributed by atoms with Gasteiger partial charge in [-0.1, -0.05) is 39.7 Å². The van der Waals surface area contributed by atoms with Gasteiger partial charge >= 0.3 is 0 Å². The Balaban J connectivity index is 2.20. The Morgan fingerprint density at radius 2 is 2.10 bits per heavy atom. The highest BCUT2D eigenvalue weighted by molar-refractivity contribution is 9.10. The van der Waals surface area contributed by atoms with E-state index in [-0.39, 0.29) is 12.2 Å². The van der Waals surface area contributed by atoms with Gasteiger partial charge in [0.25, 0.3) is 5.91 Å². The number of amides is 1. The SMILES string of the molecule is O=C(NC(CO)c1cccc(Cl)c1)c1ccc(Br)cc1F. The fraction of sp³-hybridized carbons (Fsp3) is 0.133. The standard InChI is InChI=1S/C15H12BrClFNO2/c16-10-4-5-12(13(18)7-10)15(21)19-14(8-20)9-2-1-3-11(17)6-9/h1-7,14,20H,8H2,(H,19,21). The summed E-state index contributed by atoms with van der Waals surface area (Å²) in [6.45, 7) is -0.315. The molecule has 0 aromatic heterocycles. The lowest BCUT2D eigenvalue weighted by Crippen LogP contribution is -2.31. The van der Waals surface area contributed by atoms with Crippen molar-refractivity contribution in [3.05, 3.63) is 68.9 Å². The Kier molecular flexibility index (Phi) is 5.33. The smallest absolute Gasteiger partial charge is 0.254 e. The lowest BCUT2D eigenvalue weighted by Gasteiger charge is -2.17. The van der Waals surface area contributed by atoms with E-state index in [0.717, 1.165) is 0 Å². The minimum absolute atomic E-state index is 0.0846. The first-order chi connectivity index (χ1) is 10.0. The number of carbonyl (C=O) groups is 1. The van der Waals surface area contributed by atoms with Crippen molar-refractivity contribution in [2.24, 2.45) is 0 Å². The van der Waals surface area contributed by atoms with Crippen molar-refractivity contribution in [3.63, 3.8) is 0 Å². The fourth-order valence-corrected chi connectivity index (χ4v) is 2.40. The van der Waals surface area contributed by atoms with Gasteiger partial charge < -0.3 is 10.4 Å². The first kappa shape index (κ1) is 15.9. The van der Waals surface area contributed by atoms with E-state index in [4.69, 9.17) is 11.6 Å². The maximum atomic E-state index is 13.7. The van der Waals surface area contributed by atoms with Crippen LogP contribution in [0.5, 0.6) is 0 Å². The Labute approximate surface area is 134 Å². The molecule has 0 radical (unpaired) electrons. The highest BCUT2D eigenvalue weighted by atomic mass is 79.9. The van der Waals surface area contributed by atoms with Gasteiger partial charge in [0.15, 0.2) is 0 Å². The zero-order chi connectivity index (χ0) is 15.4. The molecule has 0 fully saturated rings. The van der Waals surface area contributed by atoms with E-state index in [1.165, 1.54) is 12.1 Å². The second-order valence-corrected chi connectivity index (χ2v) is 5.74. The molecule has 2 rings (SSSR count). The molecular formula is C15H12BrClFNO2. The molecule has 0 aliphatic heterocycles. The van der Waals surface area contributed by atoms with Gasteiger partial charge in [0.1, 0.15) is 5.82 Å². The summed E-state index contributed by atoms with van der Waals surface area (Å²) in [5, 5.41) is 12.5. The van der Waals surface area contributed by atoms with Crippen LogP contribution in [-0.2, 0) is 0 Å². The molecule has 0 bridgehead atoms. The van der Waals surface area contributed by atoms with Crippen LogP contribution in [0.1, 0.15) is 22.0 Å². The third kappa shape index (κ3) is 4.03. The molecule has 6 heteroatoms. The predicted molar refractivity (Wildman–Crippen MR) is 82.8 cm³/mol. The third-order valence-corrected chi connectivity index (χ3v) is 3.64. The Hall–Kier alpha value is -1.43. The molecule has 0 heterocycles. The number of nitrogens with one attached hydrogen (secondary N) is 1. The minimum atomic E-state index is -0.653. The molecule has 21 heavy (non-hydrogen) atoms. The summed E-state index contributed by atoms with van der Waals surface area (Å²) in [4.78, 5) is 12.1. The molecule has 0 saturated heterocycles. The van der Waals surface area contributed by atoms with Crippen LogP contribution in [0, 0.1) is 5.82 Å². The molecule has 0 aliphatic carbocycles. The van der Waals surface area contributed by atoms with Crippen LogP contribution in [0.4, 0.5) is 4.39 Å². The maximum Gasteiger partial charge on any atom is 0.254 e. The number of rotatable bonds is 4. The van der Waals surface area contributed by atoms with Crippen molar-refractivity contribution in [2.75, 3.05) is 6.61 Å². The van der Waals surface area contributed by atoms with Crippen LogP contribution < -0.4 is 5.32 Å². The summed E-state index contributed by atoms with van der Waals surface area (Å²) in [6, 6.07) is 10.3. The molecule has 2 aromatic rings. The van der Waals surface area contributed by atoms with Crippen molar-refractivity contribution in [1.82, 2.24) is 5.32 Å². The average molecular weight is 373 g/mol. The number of hydrogen-bond donors (Lipinski definition) is 2. The highest BCUT2D eigenvalue weighted by Gasteiger charge is 2.18. The molecule has 0 spiro atoms. The molecule has 0 aliphatic rings. The molecule has 1 amide bonds. The van der Waals surface area contributed by atoms with E-state index in [1.54, 1.807) is 30.3 Å². The van der Waals surface area contributed by atoms with E-state index in [0.29, 0.717) is 15.1 Å². The largest absolute Gasteiger partial charge is 0.394 e. The van der Waals surface area contributed by atoms with Crippen LogP contribution >= 0.6 is 27.5 Å². The zero-order valence-electron chi connectivity index (χ0n) is 10.8. The zero-order valence-corrected chi connectivity index (χ0v) is 13.2. The van der Waals surface area contributed by atoms with Gasteiger partial charge in [0, 0.05) is 9.50 Å². The first-order valence-electron chi connectivity index (χ1n) is 6.13. The summed E-state index contributed by atoms with van der Waals surface area (Å²) in [5.41, 5.74) is 0.564. The van der Waals surface area contributed by atoms with E-state index in [2.05, 4.69) is 21.2 Å². The number of hydrogen-bond acceptors (Lipinski definition) is 2. The molecule has 3 nitrogen and oxygen atoms in total. The topological polar surface area (TPSA) is 49.3 Å². The van der Waals surface area contributed by atoms with Crippen LogP contribution in [0.2, 0.25) is 5.02 Å². The van der Waals surface area contributed by atoms with Gasteiger partial charge in [0.2, 0.25) is 0 Å². The quantitative estimate of drug-likeness (QED) is 0.860. The maximum absolute atomic E-state index is 13.7. The fourth-order valence-electron chi connectivity index (χ4n) is 1.87. The van der Waals surface area contributed by atoms with Crippen molar-refractivity contribution >= 4 is 33.4 Å². The molecule has 1 atom stereocenters. The van der Waals surface area contributed by atoms with Gasteiger partial charge in [-0.25, -0.2) is 4.39 Å². The van der Waals surface area contributed by atoms with Gasteiger partial charge in [-0.3, -0.25) is 4.79 Å². The molecule has 2 aromatic carbocycles. The Morgan fingerprint density at radius 3 is 2.71 bits per heavy atom. The van der Waals surface area contributed by atoms with Crippen LogP contribution in [0.3, 0.4) is 0 Å². The van der Waals surface area contributed by atoms with E-state index in [1.807, 2.05) is 0 Å². The van der Waals surface area contributed by atoms with Crippen molar-refractivity contribution in [1.29, 1.82) is 0 Å². The van der Waals surface area contributed by atoms with Gasteiger partial charge in [-0.15, -0.1) is 0 Å². The van der Waals surface area contributed by atoms with Crippen LogP contribution in [-0.4, -0.2) is 17.6 Å². The molecular weight excluding hydrogens is 361 g/mol. The monoisotopic (exact) mass is 371 g/mol. The third-order valence-electron chi connectivity index (χ3n) is 2.91. The van der Waals surface area contributed by atoms with E-state index >= 15 is 0 Å². The number of aliphatic hydroxyl groups is 1. The van der Waals surface area contributed by atoms with E-state index in [9.17, 15) is 14.3 Å². The summed E-state index contributed by atoms with van der Waals surface area (Å²) in [7, 11) is 0. The Bertz CT molecular complexity index is 666. The minimum Gasteiger partial charge on any atom is -0.394 e. The first-order valence-corrected chi connectivity index (χ1v) is 7.30. The lowest BCUT2D eigenvalue weighted by molar-refractivity contribution is 0.0912. The molecule has 1 unspecified atom stereocenters. The lowest BCUT2D eigenvalue weighted by atomic mass is 10.1. The summed E-state index contributed by atoms with van der Waals surface area (Å²) in [6.07, 6.45) is 0. The normalized spacial score (nSPS) is 12.0. The van der Waals surface area contributed by atoms with Gasteiger partial charge in [-0.05, 0) is 35.9 Å². The molecule has 0 saturated carbocycles. The second-order valence-electron chi connectivity index (χ2n) is 4.39. The van der Waals surface area contributed by atoms with Crippen molar-refractivity contribution in [2.45, 2.75) is 6.04 Å². The average Bonchev–Trinajstić information content (AvgIpc) is 2.44. The number of aliphatic hydroxyl groups excluding tert-OH is 1. The van der Waals surface area contributed by atoms with Crippen LogP contribution in [0.15, 0.2) is 46.9 Å². The van der Waals surface area contributed by atoms with Gasteiger partial charge in [-0.2, -0.15) is 0 Å². The Morgan fingerprint density at radius 1 is 1.33 bits per heavy atom. The summed E-state index contributed by atoms with van der Waals surface area (Å²) < 4.78 is 14.3. The molecule has 2 N–H and O–H groups in total.